The lowest BCUT2D eigenvalue weighted by Crippen LogP contribution is -2.75. The van der Waals surface area contributed by atoms with Crippen molar-refractivity contribution >= 4 is 29.5 Å². The van der Waals surface area contributed by atoms with E-state index in [1.807, 2.05) is 27.7 Å². The van der Waals surface area contributed by atoms with Crippen molar-refractivity contribution in [3.05, 3.63) is 0 Å². The molecule has 2 atom stereocenters. The van der Waals surface area contributed by atoms with Crippen LogP contribution in [0.15, 0.2) is 0 Å². The molecule has 2 aliphatic rings. The fraction of sp³-hybridized carbons (Fsp3) is 0.800. The van der Waals surface area contributed by atoms with Crippen molar-refractivity contribution in [2.45, 2.75) is 32.4 Å². The van der Waals surface area contributed by atoms with E-state index in [0.29, 0.717) is 5.75 Å². The van der Waals surface area contributed by atoms with Crippen LogP contribution >= 0.6 is 11.8 Å². The van der Waals surface area contributed by atoms with E-state index in [0.717, 1.165) is 0 Å². The summed E-state index contributed by atoms with van der Waals surface area (Å²) in [4.78, 5) is 36.9. The van der Waals surface area contributed by atoms with Crippen LogP contribution in [0.5, 0.6) is 0 Å². The van der Waals surface area contributed by atoms with Gasteiger partial charge < -0.3 is 9.47 Å². The lowest BCUT2D eigenvalue weighted by molar-refractivity contribution is -0.177. The number of ketones is 1. The molecule has 5 nitrogen and oxygen atoms in total. The highest BCUT2D eigenvalue weighted by atomic mass is 32.2. The quantitative estimate of drug-likeness (QED) is 0.722. The van der Waals surface area contributed by atoms with E-state index < -0.39 is 39.4 Å². The molecule has 1 aliphatic heterocycles. The summed E-state index contributed by atoms with van der Waals surface area (Å²) in [5, 5.41) is 0. The van der Waals surface area contributed by atoms with Crippen LogP contribution in [0.25, 0.3) is 0 Å². The van der Waals surface area contributed by atoms with Crippen LogP contribution in [0.1, 0.15) is 27.7 Å². The first-order valence-electron chi connectivity index (χ1n) is 6.94. The van der Waals surface area contributed by atoms with Gasteiger partial charge in [-0.3, -0.25) is 14.4 Å². The number of carbonyl (C=O) groups is 3. The Bertz CT molecular complexity index is 490. The Morgan fingerprint density at radius 2 is 1.52 bits per heavy atom. The summed E-state index contributed by atoms with van der Waals surface area (Å²) in [5.74, 6) is -1.51. The van der Waals surface area contributed by atoms with Crippen LogP contribution in [0.2, 0.25) is 0 Å². The normalized spacial score (nSPS) is 31.6. The van der Waals surface area contributed by atoms with Gasteiger partial charge in [-0.2, -0.15) is 11.8 Å². The lowest BCUT2D eigenvalue weighted by atomic mass is 9.42. The van der Waals surface area contributed by atoms with Crippen molar-refractivity contribution < 1.29 is 23.9 Å². The molecule has 0 N–H and O–H groups in total. The van der Waals surface area contributed by atoms with E-state index in [1.165, 1.54) is 26.0 Å². The molecule has 0 amide bonds. The van der Waals surface area contributed by atoms with Crippen LogP contribution in [0.3, 0.4) is 0 Å². The summed E-state index contributed by atoms with van der Waals surface area (Å²) in [6.07, 6.45) is 0. The number of ether oxygens (including phenoxy) is 2. The molecule has 2 fully saturated rings. The zero-order valence-corrected chi connectivity index (χ0v) is 14.1. The summed E-state index contributed by atoms with van der Waals surface area (Å²) in [5.41, 5.74) is -1.36. The third kappa shape index (κ3) is 1.68. The second-order valence-electron chi connectivity index (χ2n) is 6.76. The number of hydrogen-bond donors (Lipinski definition) is 0. The van der Waals surface area contributed by atoms with Gasteiger partial charge in [0.15, 0.2) is 0 Å². The van der Waals surface area contributed by atoms with Crippen molar-refractivity contribution in [2.24, 2.45) is 22.7 Å². The fourth-order valence-corrected chi connectivity index (χ4v) is 6.60. The summed E-state index contributed by atoms with van der Waals surface area (Å²) in [6.45, 7) is 7.40. The molecule has 1 aliphatic carbocycles. The minimum absolute atomic E-state index is 0.113. The van der Waals surface area contributed by atoms with Gasteiger partial charge in [-0.1, -0.05) is 27.7 Å². The number of rotatable bonds is 2. The van der Waals surface area contributed by atoms with Gasteiger partial charge in [-0.15, -0.1) is 0 Å². The molecular formula is C15H22O5S. The van der Waals surface area contributed by atoms with Gasteiger partial charge in [0.05, 0.1) is 30.8 Å². The van der Waals surface area contributed by atoms with Crippen molar-refractivity contribution in [3.8, 4) is 0 Å². The highest BCUT2D eigenvalue weighted by molar-refractivity contribution is 8.01. The molecule has 118 valence electrons. The third-order valence-corrected chi connectivity index (χ3v) is 7.54. The summed E-state index contributed by atoms with van der Waals surface area (Å²) >= 11 is 1.53. The van der Waals surface area contributed by atoms with Gasteiger partial charge in [0.1, 0.15) is 5.78 Å². The van der Waals surface area contributed by atoms with E-state index >= 15 is 0 Å². The maximum absolute atomic E-state index is 12.5. The van der Waals surface area contributed by atoms with Crippen LogP contribution in [0, 0.1) is 22.7 Å². The monoisotopic (exact) mass is 314 g/mol. The maximum atomic E-state index is 12.5. The Morgan fingerprint density at radius 1 is 1.05 bits per heavy atom. The van der Waals surface area contributed by atoms with Crippen LogP contribution in [-0.4, -0.2) is 42.4 Å². The molecule has 0 aromatic heterocycles. The van der Waals surface area contributed by atoms with Crippen molar-refractivity contribution in [3.63, 3.8) is 0 Å². The maximum Gasteiger partial charge on any atom is 0.311 e. The standard InChI is InChI=1S/C15H22O5S/c1-13(2)12(18)14(3,4)15(13)9(11(17)20-6)8(7-21-15)10(16)19-5/h8-9H,7H2,1-6H3/t8-,9-/m0/s1. The van der Waals surface area contributed by atoms with Gasteiger partial charge >= 0.3 is 11.9 Å². The fourth-order valence-electron chi connectivity index (χ4n) is 4.48. The van der Waals surface area contributed by atoms with E-state index in [2.05, 4.69) is 0 Å². The Morgan fingerprint density at radius 3 is 1.95 bits per heavy atom. The number of thioether (sulfide) groups is 1. The van der Waals surface area contributed by atoms with Gasteiger partial charge in [-0.05, 0) is 0 Å². The first kappa shape index (κ1) is 16.3. The minimum atomic E-state index is -0.678. The summed E-state index contributed by atoms with van der Waals surface area (Å²) < 4.78 is 9.14. The molecule has 1 saturated heterocycles. The van der Waals surface area contributed by atoms with E-state index in [9.17, 15) is 14.4 Å². The predicted octanol–water partition coefficient (Wildman–Crippen LogP) is 1.69. The number of carbonyl (C=O) groups excluding carboxylic acids is 3. The second kappa shape index (κ2) is 4.73. The molecule has 6 heteroatoms. The Kier molecular flexibility index (Phi) is 3.68. The molecule has 1 heterocycles. The predicted molar refractivity (Wildman–Crippen MR) is 78.8 cm³/mol. The molecule has 1 saturated carbocycles. The zero-order valence-electron chi connectivity index (χ0n) is 13.3. The van der Waals surface area contributed by atoms with Gasteiger partial charge in [0.2, 0.25) is 0 Å². The Labute approximate surface area is 129 Å². The smallest absolute Gasteiger partial charge is 0.311 e. The average Bonchev–Trinajstić information content (AvgIpc) is 2.87. The summed E-state index contributed by atoms with van der Waals surface area (Å²) in [6, 6.07) is 0. The zero-order chi connectivity index (χ0) is 16.2. The van der Waals surface area contributed by atoms with E-state index in [1.54, 1.807) is 0 Å². The van der Waals surface area contributed by atoms with E-state index in [4.69, 9.17) is 9.47 Å². The molecule has 21 heavy (non-hydrogen) atoms. The minimum Gasteiger partial charge on any atom is -0.469 e. The topological polar surface area (TPSA) is 69.7 Å². The highest BCUT2D eigenvalue weighted by Crippen LogP contribution is 2.72. The molecular weight excluding hydrogens is 292 g/mol. The SMILES string of the molecule is COC(=O)[C@H]1CSC2([C@@H]1C(=O)OC)C(C)(C)C(=O)C2(C)C. The van der Waals surface area contributed by atoms with Crippen molar-refractivity contribution in [1.29, 1.82) is 0 Å². The first-order valence-corrected chi connectivity index (χ1v) is 7.92. The van der Waals surface area contributed by atoms with Crippen LogP contribution in [0.4, 0.5) is 0 Å². The molecule has 0 radical (unpaired) electrons. The Balaban J connectivity index is 2.55. The number of esters is 2. The number of Topliss-reactive ketones (excluding diaryl/α,β-unsaturated/α-hetero) is 1. The number of methoxy groups -OCH3 is 2. The summed E-state index contributed by atoms with van der Waals surface area (Å²) in [7, 11) is 2.63. The second-order valence-corrected chi connectivity index (χ2v) is 8.02. The highest BCUT2D eigenvalue weighted by Gasteiger charge is 2.80. The largest absolute Gasteiger partial charge is 0.469 e. The molecule has 0 bridgehead atoms. The molecule has 1 spiro atoms. The van der Waals surface area contributed by atoms with E-state index in [-0.39, 0.29) is 5.78 Å². The number of hydrogen-bond acceptors (Lipinski definition) is 6. The third-order valence-electron chi connectivity index (χ3n) is 5.28. The Hall–Kier alpha value is -1.04. The van der Waals surface area contributed by atoms with Crippen molar-refractivity contribution in [2.75, 3.05) is 20.0 Å². The van der Waals surface area contributed by atoms with Gasteiger partial charge in [0.25, 0.3) is 0 Å². The molecule has 0 aromatic rings. The van der Waals surface area contributed by atoms with Gasteiger partial charge in [-0.25, -0.2) is 0 Å². The lowest BCUT2D eigenvalue weighted by Gasteiger charge is -2.65. The van der Waals surface area contributed by atoms with Crippen LogP contribution in [-0.2, 0) is 23.9 Å². The molecule has 2 rings (SSSR count). The van der Waals surface area contributed by atoms with Crippen LogP contribution < -0.4 is 0 Å². The van der Waals surface area contributed by atoms with Gasteiger partial charge in [0, 0.05) is 16.6 Å². The molecule has 0 aromatic carbocycles. The molecule has 0 unspecified atom stereocenters. The average molecular weight is 314 g/mol. The van der Waals surface area contributed by atoms with Crippen molar-refractivity contribution in [1.82, 2.24) is 0 Å². The first-order chi connectivity index (χ1) is 9.59.